The Hall–Kier alpha value is -4.64. The van der Waals surface area contributed by atoms with Crippen LogP contribution >= 0.6 is 0 Å². The van der Waals surface area contributed by atoms with Gasteiger partial charge in [0.25, 0.3) is 0 Å². The first kappa shape index (κ1) is 72.4. The smallest absolute Gasteiger partial charge is 0.307 e. The molecule has 0 saturated carbocycles. The van der Waals surface area contributed by atoms with E-state index in [0.717, 1.165) is 130 Å². The van der Waals surface area contributed by atoms with Gasteiger partial charge in [0, 0.05) is 105 Å². The van der Waals surface area contributed by atoms with Crippen LogP contribution in [0, 0.1) is 10.8 Å². The Labute approximate surface area is 520 Å². The Morgan fingerprint density at radius 1 is 0.295 bits per heavy atom. The second-order valence-corrected chi connectivity index (χ2v) is 24.3. The van der Waals surface area contributed by atoms with E-state index < -0.39 is 58.6 Å². The Morgan fingerprint density at radius 2 is 0.500 bits per heavy atom. The molecule has 502 valence electrons. The third-order valence-electron chi connectivity index (χ3n) is 17.0. The number of unbranched alkanes of at least 4 members (excludes halogenated alkanes) is 9. The van der Waals surface area contributed by atoms with Crippen molar-refractivity contribution in [3.63, 3.8) is 0 Å². The summed E-state index contributed by atoms with van der Waals surface area (Å²) < 4.78 is 67.6. The van der Waals surface area contributed by atoms with Gasteiger partial charge in [0.2, 0.25) is 0 Å². The number of rotatable bonds is 33. The normalized spacial score (nSPS) is 21.6. The molecule has 6 saturated heterocycles. The second-order valence-electron chi connectivity index (χ2n) is 24.3. The molecule has 0 aromatic rings. The number of carbonyl (C=O) groups is 8. The molecular formula is C62H104N6O20. The molecule has 26 heteroatoms. The maximum absolute atomic E-state index is 13.2. The monoisotopic (exact) mass is 1250 g/mol. The van der Waals surface area contributed by atoms with Gasteiger partial charge in [-0.1, -0.05) is 51.4 Å². The predicted octanol–water partition coefficient (Wildman–Crippen LogP) is 2.29. The van der Waals surface area contributed by atoms with Gasteiger partial charge in [0.1, 0.15) is 63.7 Å². The summed E-state index contributed by atoms with van der Waals surface area (Å²) in [5.41, 5.74) is -2.59. The van der Waals surface area contributed by atoms with Crippen LogP contribution in [0.25, 0.3) is 0 Å². The fourth-order valence-corrected chi connectivity index (χ4v) is 11.0. The van der Waals surface area contributed by atoms with Crippen LogP contribution in [0.4, 0.5) is 0 Å². The zero-order valence-electron chi connectivity index (χ0n) is 52.6. The Bertz CT molecular complexity index is 1800. The fraction of sp³-hybridized carbons (Fsp3) is 0.871. The largest absolute Gasteiger partial charge is 0.465 e. The first-order valence-corrected chi connectivity index (χ1v) is 32.7. The van der Waals surface area contributed by atoms with Crippen molar-refractivity contribution < 1.29 is 95.2 Å². The van der Waals surface area contributed by atoms with Gasteiger partial charge in [-0.05, 0) is 25.9 Å². The molecular weight excluding hydrogens is 1150 g/mol. The molecule has 0 spiro atoms. The van der Waals surface area contributed by atoms with Crippen molar-refractivity contribution in [1.82, 2.24) is 29.4 Å². The molecule has 0 aromatic carbocycles. The van der Waals surface area contributed by atoms with Crippen molar-refractivity contribution in [2.45, 2.75) is 116 Å². The quantitative estimate of drug-likeness (QED) is 0.0518. The molecule has 6 aliphatic rings. The van der Waals surface area contributed by atoms with Gasteiger partial charge in [-0.3, -0.25) is 58.0 Å². The lowest BCUT2D eigenvalue weighted by Gasteiger charge is -2.33. The van der Waals surface area contributed by atoms with Crippen LogP contribution in [0.3, 0.4) is 0 Å². The van der Waals surface area contributed by atoms with Crippen LogP contribution in [0.15, 0.2) is 0 Å². The van der Waals surface area contributed by atoms with Crippen molar-refractivity contribution in [3.05, 3.63) is 0 Å². The summed E-state index contributed by atoms with van der Waals surface area (Å²) in [7, 11) is 0. The van der Waals surface area contributed by atoms with E-state index >= 15 is 0 Å². The summed E-state index contributed by atoms with van der Waals surface area (Å²) in [6, 6.07) is 0. The topological polar surface area (TPSA) is 267 Å². The van der Waals surface area contributed by atoms with Crippen LogP contribution in [0.1, 0.15) is 116 Å². The number of nitrogens with zero attached hydrogens (tertiary/aromatic N) is 6. The Balaban J connectivity index is 0.846. The van der Waals surface area contributed by atoms with Crippen LogP contribution in [0.5, 0.6) is 0 Å². The highest BCUT2D eigenvalue weighted by Gasteiger charge is 2.40. The van der Waals surface area contributed by atoms with Crippen LogP contribution < -0.4 is 0 Å². The summed E-state index contributed by atoms with van der Waals surface area (Å²) in [4.78, 5) is 118. The minimum absolute atomic E-state index is 0.101. The Morgan fingerprint density at radius 3 is 0.727 bits per heavy atom. The van der Waals surface area contributed by atoms with Crippen molar-refractivity contribution >= 4 is 47.8 Å². The first-order chi connectivity index (χ1) is 42.8. The SMILES string of the molecule is O=C(CCN1CCOCC1)OCC1(COC(=O)CCN2CCOCC2)COC(=O)CCN(CCCCCCCCCCCCN2CCC(=O)OCC(COC(=O)CCN3CCOCC3)(COC(=O)CCN3CCOCC3)COC(=O)CC2)CCC(=O)OC1. The van der Waals surface area contributed by atoms with Gasteiger partial charge in [0.15, 0.2) is 0 Å². The highest BCUT2D eigenvalue weighted by molar-refractivity contribution is 5.73. The number of cyclic esters (lactones) is 4. The number of carbonyl (C=O) groups excluding carboxylic acids is 8. The molecule has 6 rings (SSSR count). The molecule has 0 unspecified atom stereocenters. The van der Waals surface area contributed by atoms with Gasteiger partial charge in [0.05, 0.1) is 104 Å². The zero-order chi connectivity index (χ0) is 62.3. The van der Waals surface area contributed by atoms with E-state index in [0.29, 0.717) is 105 Å². The summed E-state index contributed by atoms with van der Waals surface area (Å²) in [6.45, 7) is 13.4. The maximum Gasteiger partial charge on any atom is 0.307 e. The van der Waals surface area contributed by atoms with E-state index in [2.05, 4.69) is 29.4 Å². The van der Waals surface area contributed by atoms with Gasteiger partial charge < -0.3 is 66.6 Å². The highest BCUT2D eigenvalue weighted by atomic mass is 16.6. The third-order valence-corrected chi connectivity index (χ3v) is 17.0. The van der Waals surface area contributed by atoms with E-state index in [1.807, 2.05) is 0 Å². The third kappa shape index (κ3) is 30.9. The second kappa shape index (κ2) is 42.4. The Kier molecular flexibility index (Phi) is 34.9. The summed E-state index contributed by atoms with van der Waals surface area (Å²) in [6.07, 6.45) is 11.4. The van der Waals surface area contributed by atoms with E-state index in [9.17, 15) is 38.4 Å². The van der Waals surface area contributed by atoms with Gasteiger partial charge >= 0.3 is 47.8 Å². The molecule has 0 N–H and O–H groups in total. The van der Waals surface area contributed by atoms with E-state index in [4.69, 9.17) is 56.8 Å². The predicted molar refractivity (Wildman–Crippen MR) is 318 cm³/mol. The highest BCUT2D eigenvalue weighted by Crippen LogP contribution is 2.25. The standard InChI is InChI=1S/C62H104N6O20/c69-53-11-21-63(22-12-54(70)82-46-61(45-81-53,49-85-57(73)15-25-65-29-37-77-38-30-65)50-86-58(74)16-26-66-31-39-78-40-32-66)19-9-7-5-3-1-2-4-6-8-10-20-64-23-13-55(71)83-47-62(48-84-56(72)14-24-64,51-87-59(75)17-27-67-33-41-79-42-34-67)52-88-60(76)18-28-68-35-43-80-44-36-68/h1-52H2. The average molecular weight is 1250 g/mol. The fourth-order valence-electron chi connectivity index (χ4n) is 11.0. The summed E-state index contributed by atoms with van der Waals surface area (Å²) in [5, 5.41) is 0. The van der Waals surface area contributed by atoms with E-state index in [1.165, 1.54) is 0 Å². The molecule has 0 radical (unpaired) electrons. The molecule has 0 aromatic heterocycles. The molecule has 6 fully saturated rings. The minimum atomic E-state index is -1.29. The van der Waals surface area contributed by atoms with Gasteiger partial charge in [-0.25, -0.2) is 0 Å². The van der Waals surface area contributed by atoms with E-state index in [-0.39, 0.29) is 104 Å². The van der Waals surface area contributed by atoms with Crippen molar-refractivity contribution in [1.29, 1.82) is 0 Å². The lowest BCUT2D eigenvalue weighted by Crippen LogP contribution is -2.45. The van der Waals surface area contributed by atoms with Gasteiger partial charge in [-0.15, -0.1) is 0 Å². The molecule has 6 heterocycles. The molecule has 26 nitrogen and oxygen atoms in total. The molecule has 0 bridgehead atoms. The number of hydrogen-bond donors (Lipinski definition) is 0. The van der Waals surface area contributed by atoms with E-state index in [1.54, 1.807) is 0 Å². The number of morpholine rings is 4. The van der Waals surface area contributed by atoms with Gasteiger partial charge in [-0.2, -0.15) is 0 Å². The summed E-state index contributed by atoms with van der Waals surface area (Å²) >= 11 is 0. The molecule has 0 aliphatic carbocycles. The molecule has 0 amide bonds. The number of hydrogen-bond acceptors (Lipinski definition) is 26. The average Bonchev–Trinajstić information content (AvgIpc) is 3.74. The first-order valence-electron chi connectivity index (χ1n) is 32.7. The molecule has 88 heavy (non-hydrogen) atoms. The van der Waals surface area contributed by atoms with Crippen molar-refractivity contribution in [3.8, 4) is 0 Å². The number of esters is 8. The minimum Gasteiger partial charge on any atom is -0.465 e. The lowest BCUT2D eigenvalue weighted by molar-refractivity contribution is -0.174. The van der Waals surface area contributed by atoms with Crippen LogP contribution in [-0.2, 0) is 95.2 Å². The van der Waals surface area contributed by atoms with Crippen molar-refractivity contribution in [2.75, 3.05) is 224 Å². The zero-order valence-corrected chi connectivity index (χ0v) is 52.6. The molecule has 6 aliphatic heterocycles. The van der Waals surface area contributed by atoms with Crippen LogP contribution in [0.2, 0.25) is 0 Å². The molecule has 0 atom stereocenters. The summed E-state index contributed by atoms with van der Waals surface area (Å²) in [5.74, 6) is -3.63. The van der Waals surface area contributed by atoms with Crippen molar-refractivity contribution in [2.24, 2.45) is 10.8 Å². The maximum atomic E-state index is 13.2. The lowest BCUT2D eigenvalue weighted by atomic mass is 9.92. The van der Waals surface area contributed by atoms with Crippen LogP contribution in [-0.4, -0.2) is 301 Å². The number of ether oxygens (including phenoxy) is 12.